The maximum atomic E-state index is 4.68. The predicted molar refractivity (Wildman–Crippen MR) is 118 cm³/mol. The first-order chi connectivity index (χ1) is 12.3. The fourth-order valence-corrected chi connectivity index (χ4v) is 2.76. The number of aryl methyl sites for hydroxylation is 1. The van der Waals surface area contributed by atoms with Gasteiger partial charge < -0.3 is 15.5 Å². The van der Waals surface area contributed by atoms with Crippen molar-refractivity contribution in [3.63, 3.8) is 0 Å². The Hall–Kier alpha value is -2.03. The van der Waals surface area contributed by atoms with Crippen LogP contribution in [-0.4, -0.2) is 35.4 Å². The van der Waals surface area contributed by atoms with Gasteiger partial charge in [-0.3, -0.25) is 4.68 Å². The SMILES string of the molecule is CCNC(=NCc1ccc(N2CC=CC2)cc1)NCc1ccnn1C.I. The molecule has 26 heavy (non-hydrogen) atoms. The number of nitrogens with one attached hydrogen (secondary N) is 2. The summed E-state index contributed by atoms with van der Waals surface area (Å²) in [6, 6.07) is 10.7. The molecule has 2 N–H and O–H groups in total. The average Bonchev–Trinajstić information content (AvgIpc) is 3.30. The number of benzene rings is 1. The third-order valence-electron chi connectivity index (χ3n) is 4.24. The van der Waals surface area contributed by atoms with Crippen molar-refractivity contribution in [3.8, 4) is 0 Å². The van der Waals surface area contributed by atoms with Gasteiger partial charge >= 0.3 is 0 Å². The number of halogens is 1. The van der Waals surface area contributed by atoms with E-state index >= 15 is 0 Å². The van der Waals surface area contributed by atoms with Crippen molar-refractivity contribution >= 4 is 35.6 Å². The minimum Gasteiger partial charge on any atom is -0.364 e. The fraction of sp³-hybridized carbons (Fsp3) is 0.368. The van der Waals surface area contributed by atoms with Gasteiger partial charge in [-0.2, -0.15) is 5.10 Å². The van der Waals surface area contributed by atoms with Crippen LogP contribution in [0.2, 0.25) is 0 Å². The van der Waals surface area contributed by atoms with E-state index < -0.39 is 0 Å². The van der Waals surface area contributed by atoms with Crippen LogP contribution in [0.4, 0.5) is 5.69 Å². The Labute approximate surface area is 172 Å². The van der Waals surface area contributed by atoms with Gasteiger partial charge in [0.1, 0.15) is 0 Å². The molecule has 2 heterocycles. The van der Waals surface area contributed by atoms with Crippen LogP contribution in [0.5, 0.6) is 0 Å². The van der Waals surface area contributed by atoms with Gasteiger partial charge in [-0.1, -0.05) is 24.3 Å². The van der Waals surface area contributed by atoms with Crippen LogP contribution in [0.15, 0.2) is 53.7 Å². The molecule has 0 spiro atoms. The van der Waals surface area contributed by atoms with E-state index in [-0.39, 0.29) is 24.0 Å². The van der Waals surface area contributed by atoms with Gasteiger partial charge in [0, 0.05) is 38.6 Å². The van der Waals surface area contributed by atoms with Gasteiger partial charge in [-0.25, -0.2) is 4.99 Å². The normalized spacial score (nSPS) is 13.6. The molecule has 0 saturated heterocycles. The molecule has 0 radical (unpaired) electrons. The van der Waals surface area contributed by atoms with Crippen molar-refractivity contribution in [2.75, 3.05) is 24.5 Å². The minimum absolute atomic E-state index is 0. The van der Waals surface area contributed by atoms with Crippen molar-refractivity contribution in [1.82, 2.24) is 20.4 Å². The molecule has 0 fully saturated rings. The Morgan fingerprint density at radius 3 is 2.46 bits per heavy atom. The molecule has 1 aromatic carbocycles. The first-order valence-electron chi connectivity index (χ1n) is 8.74. The largest absolute Gasteiger partial charge is 0.364 e. The van der Waals surface area contributed by atoms with E-state index in [2.05, 4.69) is 69.0 Å². The molecule has 1 aromatic heterocycles. The topological polar surface area (TPSA) is 57.5 Å². The molecular formula is C19H27IN6. The van der Waals surface area contributed by atoms with Crippen LogP contribution in [0.3, 0.4) is 0 Å². The van der Waals surface area contributed by atoms with E-state index in [0.29, 0.717) is 13.1 Å². The van der Waals surface area contributed by atoms with Gasteiger partial charge in [-0.05, 0) is 30.7 Å². The van der Waals surface area contributed by atoms with E-state index in [0.717, 1.165) is 31.3 Å². The number of aliphatic imine (C=N–C) groups is 1. The van der Waals surface area contributed by atoms with Gasteiger partial charge in [-0.15, -0.1) is 24.0 Å². The third-order valence-corrected chi connectivity index (χ3v) is 4.24. The fourth-order valence-electron chi connectivity index (χ4n) is 2.76. The second-order valence-electron chi connectivity index (χ2n) is 6.04. The zero-order valence-electron chi connectivity index (χ0n) is 15.4. The van der Waals surface area contributed by atoms with Gasteiger partial charge in [0.2, 0.25) is 0 Å². The molecular weight excluding hydrogens is 439 g/mol. The number of hydrogen-bond acceptors (Lipinski definition) is 3. The molecule has 1 aliphatic rings. The second kappa shape index (κ2) is 10.2. The molecule has 2 aromatic rings. The van der Waals surface area contributed by atoms with Crippen LogP contribution >= 0.6 is 24.0 Å². The number of anilines is 1. The van der Waals surface area contributed by atoms with Gasteiger partial charge in [0.15, 0.2) is 5.96 Å². The van der Waals surface area contributed by atoms with Gasteiger partial charge in [0.25, 0.3) is 0 Å². The van der Waals surface area contributed by atoms with Crippen molar-refractivity contribution in [2.24, 2.45) is 12.0 Å². The number of aromatic nitrogens is 2. The average molecular weight is 466 g/mol. The highest BCUT2D eigenvalue weighted by Gasteiger charge is 2.07. The summed E-state index contributed by atoms with van der Waals surface area (Å²) in [5.41, 5.74) is 3.58. The molecule has 3 rings (SSSR count). The molecule has 0 bridgehead atoms. The molecule has 7 heteroatoms. The van der Waals surface area contributed by atoms with E-state index in [9.17, 15) is 0 Å². The van der Waals surface area contributed by atoms with Crippen LogP contribution < -0.4 is 15.5 Å². The molecule has 1 aliphatic heterocycles. The third kappa shape index (κ3) is 5.48. The smallest absolute Gasteiger partial charge is 0.191 e. The summed E-state index contributed by atoms with van der Waals surface area (Å²) in [5.74, 6) is 0.816. The summed E-state index contributed by atoms with van der Waals surface area (Å²) in [6.45, 7) is 6.25. The van der Waals surface area contributed by atoms with Crippen LogP contribution in [0.1, 0.15) is 18.2 Å². The quantitative estimate of drug-likeness (QED) is 0.298. The van der Waals surface area contributed by atoms with Crippen molar-refractivity contribution in [3.05, 3.63) is 59.9 Å². The summed E-state index contributed by atoms with van der Waals surface area (Å²) in [4.78, 5) is 7.02. The number of guanidine groups is 1. The lowest BCUT2D eigenvalue weighted by molar-refractivity contribution is 0.685. The first kappa shape index (κ1) is 20.3. The highest BCUT2D eigenvalue weighted by molar-refractivity contribution is 14.0. The molecule has 140 valence electrons. The van der Waals surface area contributed by atoms with E-state index in [1.54, 1.807) is 6.20 Å². The lowest BCUT2D eigenvalue weighted by Crippen LogP contribution is -2.37. The van der Waals surface area contributed by atoms with Crippen LogP contribution in [-0.2, 0) is 20.1 Å². The zero-order valence-corrected chi connectivity index (χ0v) is 17.7. The molecule has 0 saturated carbocycles. The highest BCUT2D eigenvalue weighted by atomic mass is 127. The van der Waals surface area contributed by atoms with Crippen LogP contribution in [0, 0.1) is 0 Å². The predicted octanol–water partition coefficient (Wildman–Crippen LogP) is 2.67. The van der Waals surface area contributed by atoms with Gasteiger partial charge in [0.05, 0.1) is 18.8 Å². The molecule has 0 unspecified atom stereocenters. The Morgan fingerprint density at radius 2 is 1.85 bits per heavy atom. The van der Waals surface area contributed by atoms with Crippen molar-refractivity contribution < 1.29 is 0 Å². The standard InChI is InChI=1S/C19H26N6.HI/c1-3-20-19(22-15-18-10-11-23-24(18)2)21-14-16-6-8-17(9-7-16)25-12-4-5-13-25;/h4-11H,3,12-15H2,1-2H3,(H2,20,21,22);1H. The first-order valence-corrected chi connectivity index (χ1v) is 8.74. The molecule has 0 aliphatic carbocycles. The number of hydrogen-bond donors (Lipinski definition) is 2. The maximum Gasteiger partial charge on any atom is 0.191 e. The Kier molecular flexibility index (Phi) is 7.96. The molecule has 0 atom stereocenters. The second-order valence-corrected chi connectivity index (χ2v) is 6.04. The van der Waals surface area contributed by atoms with Crippen molar-refractivity contribution in [1.29, 1.82) is 0 Å². The molecule has 6 nitrogen and oxygen atoms in total. The summed E-state index contributed by atoms with van der Waals surface area (Å²) in [7, 11) is 1.94. The summed E-state index contributed by atoms with van der Waals surface area (Å²) in [5, 5.41) is 10.8. The van der Waals surface area contributed by atoms with E-state index in [4.69, 9.17) is 0 Å². The lowest BCUT2D eigenvalue weighted by Gasteiger charge is -2.17. The molecule has 0 amide bonds. The van der Waals surface area contributed by atoms with Crippen LogP contribution in [0.25, 0.3) is 0 Å². The summed E-state index contributed by atoms with van der Waals surface area (Å²) < 4.78 is 1.86. The number of rotatable bonds is 6. The Balaban J connectivity index is 0.00000243. The lowest BCUT2D eigenvalue weighted by atomic mass is 10.2. The maximum absolute atomic E-state index is 4.68. The number of nitrogens with zero attached hydrogens (tertiary/aromatic N) is 4. The Morgan fingerprint density at radius 1 is 1.12 bits per heavy atom. The van der Waals surface area contributed by atoms with Crippen molar-refractivity contribution in [2.45, 2.75) is 20.0 Å². The highest BCUT2D eigenvalue weighted by Crippen LogP contribution is 2.17. The van der Waals surface area contributed by atoms with E-state index in [1.165, 1.54) is 11.3 Å². The zero-order chi connectivity index (χ0) is 17.5. The summed E-state index contributed by atoms with van der Waals surface area (Å²) >= 11 is 0. The van der Waals surface area contributed by atoms with E-state index in [1.807, 2.05) is 17.8 Å². The minimum atomic E-state index is 0. The summed E-state index contributed by atoms with van der Waals surface area (Å²) in [6.07, 6.45) is 6.21. The monoisotopic (exact) mass is 466 g/mol. The Bertz CT molecular complexity index is 727.